The van der Waals surface area contributed by atoms with Crippen LogP contribution >= 0.6 is 38.5 Å². The normalized spacial score (nSPS) is 10.3. The molecule has 0 aliphatic carbocycles. The summed E-state index contributed by atoms with van der Waals surface area (Å²) in [5, 5.41) is 3.22. The zero-order chi connectivity index (χ0) is 10.7. The quantitative estimate of drug-likeness (QED) is 0.654. The summed E-state index contributed by atoms with van der Waals surface area (Å²) in [5.74, 6) is 0.919. The molecule has 0 spiro atoms. The fourth-order valence-electron chi connectivity index (χ4n) is 1.12. The highest BCUT2D eigenvalue weighted by atomic mass is 127. The average molecular weight is 379 g/mol. The highest BCUT2D eigenvalue weighted by molar-refractivity contribution is 14.1. The van der Waals surface area contributed by atoms with Gasteiger partial charge in [-0.3, -0.25) is 0 Å². The first-order valence-corrected chi connectivity index (χ1v) is 6.21. The molecule has 5 heteroatoms. The maximum Gasteiger partial charge on any atom is 0.164 e. The van der Waals surface area contributed by atoms with E-state index < -0.39 is 0 Å². The molecule has 3 nitrogen and oxygen atoms in total. The van der Waals surface area contributed by atoms with E-state index in [1.807, 2.05) is 24.3 Å². The molecule has 1 N–H and O–H groups in total. The molecule has 0 aliphatic rings. The van der Waals surface area contributed by atoms with Crippen LogP contribution in [0.15, 0.2) is 39.5 Å². The Morgan fingerprint density at radius 2 is 2.20 bits per heavy atom. The van der Waals surface area contributed by atoms with Crippen LogP contribution in [-0.2, 0) is 6.54 Å². The molecule has 0 unspecified atom stereocenters. The standard InChI is InChI=1S/C10H8BrIN2O/c11-9-3-1-7(5-14-9)13-6-8-2-4-10(12)15-8/h1-5,13H,6H2. The summed E-state index contributed by atoms with van der Waals surface area (Å²) in [6, 6.07) is 7.76. The van der Waals surface area contributed by atoms with E-state index in [9.17, 15) is 0 Å². The third-order valence-corrected chi connectivity index (χ3v) is 2.87. The molecule has 78 valence electrons. The molecular formula is C10H8BrIN2O. The highest BCUT2D eigenvalue weighted by Gasteiger charge is 1.99. The Hall–Kier alpha value is -0.560. The second-order valence-corrected chi connectivity index (χ2v) is 4.80. The van der Waals surface area contributed by atoms with Crippen LogP contribution < -0.4 is 5.32 Å². The molecular weight excluding hydrogens is 371 g/mol. The van der Waals surface area contributed by atoms with Crippen molar-refractivity contribution in [3.05, 3.63) is 44.6 Å². The van der Waals surface area contributed by atoms with E-state index in [1.54, 1.807) is 6.20 Å². The van der Waals surface area contributed by atoms with Crippen molar-refractivity contribution in [1.82, 2.24) is 4.98 Å². The molecule has 0 atom stereocenters. The monoisotopic (exact) mass is 378 g/mol. The molecule has 2 rings (SSSR count). The summed E-state index contributed by atoms with van der Waals surface area (Å²) in [7, 11) is 0. The van der Waals surface area contributed by atoms with Gasteiger partial charge >= 0.3 is 0 Å². The number of furan rings is 1. The van der Waals surface area contributed by atoms with Gasteiger partial charge in [-0.2, -0.15) is 0 Å². The van der Waals surface area contributed by atoms with Gasteiger partial charge < -0.3 is 9.73 Å². The van der Waals surface area contributed by atoms with Gasteiger partial charge in [0.2, 0.25) is 0 Å². The maximum atomic E-state index is 5.42. The highest BCUT2D eigenvalue weighted by Crippen LogP contribution is 2.14. The maximum absolute atomic E-state index is 5.42. The Bertz CT molecular complexity index is 441. The summed E-state index contributed by atoms with van der Waals surface area (Å²) in [6.07, 6.45) is 1.78. The van der Waals surface area contributed by atoms with Gasteiger partial charge in [0, 0.05) is 0 Å². The van der Waals surface area contributed by atoms with E-state index >= 15 is 0 Å². The lowest BCUT2D eigenvalue weighted by atomic mass is 10.4. The number of anilines is 1. The fourth-order valence-corrected chi connectivity index (χ4v) is 1.81. The smallest absolute Gasteiger partial charge is 0.164 e. The number of nitrogens with zero attached hydrogens (tertiary/aromatic N) is 1. The van der Waals surface area contributed by atoms with E-state index in [0.29, 0.717) is 6.54 Å². The summed E-state index contributed by atoms with van der Waals surface area (Å²) in [6.45, 7) is 0.673. The van der Waals surface area contributed by atoms with Crippen LogP contribution in [0.3, 0.4) is 0 Å². The van der Waals surface area contributed by atoms with E-state index in [1.165, 1.54) is 0 Å². The average Bonchev–Trinajstić information content (AvgIpc) is 2.64. The molecule has 0 aliphatic heterocycles. The SMILES string of the molecule is Brc1ccc(NCc2ccc(I)o2)cn1. The predicted octanol–water partition coefficient (Wildman–Crippen LogP) is 3.65. The van der Waals surface area contributed by atoms with Crippen molar-refractivity contribution in [2.75, 3.05) is 5.32 Å². The Labute approximate surface area is 110 Å². The minimum atomic E-state index is 0.673. The molecule has 0 saturated carbocycles. The molecule has 2 heterocycles. The van der Waals surface area contributed by atoms with E-state index in [2.05, 4.69) is 48.8 Å². The third-order valence-electron chi connectivity index (χ3n) is 1.82. The zero-order valence-corrected chi connectivity index (χ0v) is 11.4. The van der Waals surface area contributed by atoms with E-state index in [4.69, 9.17) is 4.42 Å². The minimum absolute atomic E-state index is 0.673. The van der Waals surface area contributed by atoms with Gasteiger partial charge in [-0.05, 0) is 62.8 Å². The van der Waals surface area contributed by atoms with Crippen LogP contribution in [0.1, 0.15) is 5.76 Å². The van der Waals surface area contributed by atoms with Gasteiger partial charge in [-0.25, -0.2) is 4.98 Å². The third kappa shape index (κ3) is 3.20. The van der Waals surface area contributed by atoms with Crippen LogP contribution in [0.4, 0.5) is 5.69 Å². The van der Waals surface area contributed by atoms with Gasteiger partial charge in [-0.15, -0.1) is 0 Å². The molecule has 0 radical (unpaired) electrons. The second kappa shape index (κ2) is 4.98. The molecule has 15 heavy (non-hydrogen) atoms. The predicted molar refractivity (Wildman–Crippen MR) is 70.7 cm³/mol. The van der Waals surface area contributed by atoms with Gasteiger partial charge in [0.25, 0.3) is 0 Å². The lowest BCUT2D eigenvalue weighted by molar-refractivity contribution is 0.493. The Kier molecular flexibility index (Phi) is 3.63. The van der Waals surface area contributed by atoms with Gasteiger partial charge in [0.1, 0.15) is 10.4 Å². The molecule has 0 aromatic carbocycles. The fraction of sp³-hybridized carbons (Fsp3) is 0.100. The van der Waals surface area contributed by atoms with Crippen molar-refractivity contribution in [3.8, 4) is 0 Å². The first-order valence-electron chi connectivity index (χ1n) is 4.34. The summed E-state index contributed by atoms with van der Waals surface area (Å²) >= 11 is 5.43. The first kappa shape index (κ1) is 10.9. The topological polar surface area (TPSA) is 38.1 Å². The van der Waals surface area contributed by atoms with Crippen molar-refractivity contribution in [1.29, 1.82) is 0 Å². The molecule has 2 aromatic rings. The van der Waals surface area contributed by atoms with E-state index in [0.717, 1.165) is 19.8 Å². The number of aromatic nitrogens is 1. The van der Waals surface area contributed by atoms with Crippen molar-refractivity contribution < 1.29 is 4.42 Å². The van der Waals surface area contributed by atoms with Crippen LogP contribution in [0.5, 0.6) is 0 Å². The minimum Gasteiger partial charge on any atom is -0.454 e. The van der Waals surface area contributed by atoms with Gasteiger partial charge in [-0.1, -0.05) is 0 Å². The molecule has 0 saturated heterocycles. The zero-order valence-electron chi connectivity index (χ0n) is 7.71. The summed E-state index contributed by atoms with van der Waals surface area (Å²) < 4.78 is 7.16. The number of nitrogens with one attached hydrogen (secondary N) is 1. The summed E-state index contributed by atoms with van der Waals surface area (Å²) in [5.41, 5.74) is 0.976. The number of rotatable bonds is 3. The number of hydrogen-bond acceptors (Lipinski definition) is 3. The largest absolute Gasteiger partial charge is 0.454 e. The van der Waals surface area contributed by atoms with Crippen LogP contribution in [-0.4, -0.2) is 4.98 Å². The number of halogens is 2. The van der Waals surface area contributed by atoms with Gasteiger partial charge in [0.15, 0.2) is 3.77 Å². The number of hydrogen-bond donors (Lipinski definition) is 1. The van der Waals surface area contributed by atoms with Crippen molar-refractivity contribution in [3.63, 3.8) is 0 Å². The Morgan fingerprint density at radius 3 is 2.80 bits per heavy atom. The van der Waals surface area contributed by atoms with Crippen LogP contribution in [0, 0.1) is 3.77 Å². The first-order chi connectivity index (χ1) is 7.24. The Balaban J connectivity index is 1.96. The lowest BCUT2D eigenvalue weighted by Crippen LogP contribution is -1.98. The van der Waals surface area contributed by atoms with Crippen molar-refractivity contribution >= 4 is 44.2 Å². The van der Waals surface area contributed by atoms with Crippen molar-refractivity contribution in [2.45, 2.75) is 6.54 Å². The van der Waals surface area contributed by atoms with Crippen molar-refractivity contribution in [2.24, 2.45) is 0 Å². The molecule has 0 fully saturated rings. The molecule has 0 amide bonds. The summed E-state index contributed by atoms with van der Waals surface area (Å²) in [4.78, 5) is 4.12. The lowest BCUT2D eigenvalue weighted by Gasteiger charge is -2.03. The van der Waals surface area contributed by atoms with Crippen LogP contribution in [0.25, 0.3) is 0 Å². The molecule has 2 aromatic heterocycles. The Morgan fingerprint density at radius 1 is 1.33 bits per heavy atom. The van der Waals surface area contributed by atoms with Crippen LogP contribution in [0.2, 0.25) is 0 Å². The van der Waals surface area contributed by atoms with Gasteiger partial charge in [0.05, 0.1) is 18.4 Å². The molecule has 0 bridgehead atoms. The van der Waals surface area contributed by atoms with E-state index in [-0.39, 0.29) is 0 Å². The number of pyridine rings is 1. The second-order valence-electron chi connectivity index (χ2n) is 2.93.